The molecule has 2 heterocycles. The lowest BCUT2D eigenvalue weighted by molar-refractivity contribution is 0.0940. The van der Waals surface area contributed by atoms with Gasteiger partial charge in [-0.25, -0.2) is 4.98 Å². The molecule has 2 aromatic rings. The van der Waals surface area contributed by atoms with Crippen LogP contribution in [0.2, 0.25) is 5.15 Å². The number of carbonyl (C=O) groups is 1. The molecule has 104 valence electrons. The monoisotopic (exact) mass is 306 g/mol. The van der Waals surface area contributed by atoms with Crippen LogP contribution in [-0.2, 0) is 0 Å². The maximum atomic E-state index is 12.5. The highest BCUT2D eigenvalue weighted by Crippen LogP contribution is 2.22. The van der Waals surface area contributed by atoms with E-state index in [0.29, 0.717) is 10.7 Å². The first kappa shape index (κ1) is 13.7. The molecule has 3 rings (SSSR count). The molecule has 0 radical (unpaired) electrons. The van der Waals surface area contributed by atoms with Gasteiger partial charge in [0.15, 0.2) is 0 Å². The van der Waals surface area contributed by atoms with Crippen LogP contribution < -0.4 is 5.32 Å². The first-order valence-electron chi connectivity index (χ1n) is 6.68. The third-order valence-corrected chi connectivity index (χ3v) is 4.83. The van der Waals surface area contributed by atoms with E-state index < -0.39 is 0 Å². The Hall–Kier alpha value is -1.26. The smallest absolute Gasteiger partial charge is 0.252 e. The molecule has 1 aromatic carbocycles. The van der Waals surface area contributed by atoms with E-state index in [1.807, 2.05) is 36.0 Å². The van der Waals surface area contributed by atoms with Gasteiger partial charge in [-0.2, -0.15) is 11.8 Å². The summed E-state index contributed by atoms with van der Waals surface area (Å²) in [6.07, 6.45) is 2.21. The molecule has 3 nitrogen and oxygen atoms in total. The molecule has 1 amide bonds. The summed E-state index contributed by atoms with van der Waals surface area (Å²) in [5, 5.41) is 4.31. The quantitative estimate of drug-likeness (QED) is 0.863. The number of aromatic nitrogens is 1. The number of halogens is 1. The second kappa shape index (κ2) is 6.02. The largest absolute Gasteiger partial charge is 0.348 e. The molecule has 0 saturated carbocycles. The van der Waals surface area contributed by atoms with Crippen LogP contribution in [0.3, 0.4) is 0 Å². The molecular formula is C15H15ClN2OS. The third-order valence-electron chi connectivity index (χ3n) is 3.43. The van der Waals surface area contributed by atoms with Gasteiger partial charge in [-0.1, -0.05) is 29.8 Å². The standard InChI is InChI=1S/C15H15ClN2OS/c16-14-8-12(11-5-1-2-6-13(11)18-14)15(19)17-10-4-3-7-20-9-10/h1-2,5-6,8,10H,3-4,7,9H2,(H,17,19). The molecule has 1 unspecified atom stereocenters. The lowest BCUT2D eigenvalue weighted by atomic mass is 10.1. The van der Waals surface area contributed by atoms with Crippen molar-refractivity contribution in [1.29, 1.82) is 0 Å². The number of para-hydroxylation sites is 1. The highest BCUT2D eigenvalue weighted by Gasteiger charge is 2.19. The molecule has 1 saturated heterocycles. The summed E-state index contributed by atoms with van der Waals surface area (Å²) in [5.41, 5.74) is 1.36. The van der Waals surface area contributed by atoms with Crippen molar-refractivity contribution in [1.82, 2.24) is 10.3 Å². The van der Waals surface area contributed by atoms with Crippen molar-refractivity contribution in [2.45, 2.75) is 18.9 Å². The Morgan fingerprint density at radius 2 is 2.25 bits per heavy atom. The number of benzene rings is 1. The summed E-state index contributed by atoms with van der Waals surface area (Å²) in [5.74, 6) is 2.12. The van der Waals surface area contributed by atoms with E-state index in [1.54, 1.807) is 6.07 Å². The summed E-state index contributed by atoms with van der Waals surface area (Å²) in [6, 6.07) is 9.48. The van der Waals surface area contributed by atoms with Gasteiger partial charge in [-0.3, -0.25) is 4.79 Å². The molecule has 1 N–H and O–H groups in total. The fraction of sp³-hybridized carbons (Fsp3) is 0.333. The molecule has 1 aromatic heterocycles. The van der Waals surface area contributed by atoms with Crippen molar-refractivity contribution in [2.24, 2.45) is 0 Å². The topological polar surface area (TPSA) is 42.0 Å². The highest BCUT2D eigenvalue weighted by molar-refractivity contribution is 7.99. The van der Waals surface area contributed by atoms with Gasteiger partial charge in [0.25, 0.3) is 5.91 Å². The zero-order chi connectivity index (χ0) is 13.9. The Morgan fingerprint density at radius 1 is 1.40 bits per heavy atom. The molecule has 0 bridgehead atoms. The predicted octanol–water partition coefficient (Wildman–Crippen LogP) is 3.51. The minimum absolute atomic E-state index is 0.0574. The van der Waals surface area contributed by atoms with Crippen LogP contribution in [0.25, 0.3) is 10.9 Å². The zero-order valence-corrected chi connectivity index (χ0v) is 12.5. The summed E-state index contributed by atoms with van der Waals surface area (Å²) in [4.78, 5) is 16.7. The predicted molar refractivity (Wildman–Crippen MR) is 84.6 cm³/mol. The highest BCUT2D eigenvalue weighted by atomic mass is 35.5. The van der Waals surface area contributed by atoms with Gasteiger partial charge in [0.1, 0.15) is 5.15 Å². The molecule has 1 aliphatic heterocycles. The number of rotatable bonds is 2. The molecule has 1 aliphatic rings. The van der Waals surface area contributed by atoms with Crippen molar-refractivity contribution in [3.05, 3.63) is 41.0 Å². The number of nitrogens with zero attached hydrogens (tertiary/aromatic N) is 1. The van der Waals surface area contributed by atoms with E-state index in [-0.39, 0.29) is 11.9 Å². The average Bonchev–Trinajstić information content (AvgIpc) is 2.47. The number of fused-ring (bicyclic) bond motifs is 1. The number of thioether (sulfide) groups is 1. The molecule has 0 aliphatic carbocycles. The third kappa shape index (κ3) is 2.91. The van der Waals surface area contributed by atoms with E-state index in [0.717, 1.165) is 29.5 Å². The van der Waals surface area contributed by atoms with Gasteiger partial charge >= 0.3 is 0 Å². The summed E-state index contributed by atoms with van der Waals surface area (Å²) in [6.45, 7) is 0. The Morgan fingerprint density at radius 3 is 3.05 bits per heavy atom. The Balaban J connectivity index is 1.90. The van der Waals surface area contributed by atoms with Crippen molar-refractivity contribution in [2.75, 3.05) is 11.5 Å². The maximum Gasteiger partial charge on any atom is 0.252 e. The number of pyridine rings is 1. The van der Waals surface area contributed by atoms with E-state index in [9.17, 15) is 4.79 Å². The number of hydrogen-bond donors (Lipinski definition) is 1. The van der Waals surface area contributed by atoms with E-state index >= 15 is 0 Å². The van der Waals surface area contributed by atoms with Gasteiger partial charge in [0.2, 0.25) is 0 Å². The minimum Gasteiger partial charge on any atom is -0.348 e. The van der Waals surface area contributed by atoms with Crippen molar-refractivity contribution >= 4 is 40.2 Å². The Labute approximate surface area is 127 Å². The van der Waals surface area contributed by atoms with Crippen LogP contribution in [0.15, 0.2) is 30.3 Å². The first-order chi connectivity index (χ1) is 9.74. The first-order valence-corrected chi connectivity index (χ1v) is 8.21. The molecule has 20 heavy (non-hydrogen) atoms. The van der Waals surface area contributed by atoms with Crippen LogP contribution in [0.4, 0.5) is 0 Å². The maximum absolute atomic E-state index is 12.5. The van der Waals surface area contributed by atoms with Crippen LogP contribution in [0, 0.1) is 0 Å². The van der Waals surface area contributed by atoms with E-state index in [4.69, 9.17) is 11.6 Å². The number of nitrogens with one attached hydrogen (secondary N) is 1. The van der Waals surface area contributed by atoms with Gasteiger partial charge in [0.05, 0.1) is 11.1 Å². The van der Waals surface area contributed by atoms with Crippen LogP contribution in [0.5, 0.6) is 0 Å². The molecule has 0 spiro atoms. The number of hydrogen-bond acceptors (Lipinski definition) is 3. The van der Waals surface area contributed by atoms with Crippen molar-refractivity contribution < 1.29 is 4.79 Å². The van der Waals surface area contributed by atoms with Gasteiger partial charge in [-0.15, -0.1) is 0 Å². The van der Waals surface area contributed by atoms with Crippen LogP contribution in [-0.4, -0.2) is 28.4 Å². The fourth-order valence-corrected chi connectivity index (χ4v) is 3.72. The molecular weight excluding hydrogens is 292 g/mol. The Bertz CT molecular complexity index is 641. The van der Waals surface area contributed by atoms with Crippen molar-refractivity contribution in [3.63, 3.8) is 0 Å². The second-order valence-electron chi connectivity index (χ2n) is 4.90. The van der Waals surface area contributed by atoms with Gasteiger partial charge in [-0.05, 0) is 30.7 Å². The summed E-state index contributed by atoms with van der Waals surface area (Å²) < 4.78 is 0. The van der Waals surface area contributed by atoms with E-state index in [1.165, 1.54) is 5.75 Å². The van der Waals surface area contributed by atoms with E-state index in [2.05, 4.69) is 10.3 Å². The van der Waals surface area contributed by atoms with Gasteiger partial charge < -0.3 is 5.32 Å². The second-order valence-corrected chi connectivity index (χ2v) is 6.43. The molecule has 1 atom stereocenters. The van der Waals surface area contributed by atoms with Crippen molar-refractivity contribution in [3.8, 4) is 0 Å². The van der Waals surface area contributed by atoms with Crippen LogP contribution in [0.1, 0.15) is 23.2 Å². The lowest BCUT2D eigenvalue weighted by Crippen LogP contribution is -2.38. The number of carbonyl (C=O) groups excluding carboxylic acids is 1. The van der Waals surface area contributed by atoms with Crippen LogP contribution >= 0.6 is 23.4 Å². The molecule has 5 heteroatoms. The SMILES string of the molecule is O=C(NC1CCCSC1)c1cc(Cl)nc2ccccc12. The number of amides is 1. The minimum atomic E-state index is -0.0574. The fourth-order valence-electron chi connectivity index (χ4n) is 2.45. The average molecular weight is 307 g/mol. The lowest BCUT2D eigenvalue weighted by Gasteiger charge is -2.22. The Kier molecular flexibility index (Phi) is 4.13. The summed E-state index contributed by atoms with van der Waals surface area (Å²) in [7, 11) is 0. The zero-order valence-electron chi connectivity index (χ0n) is 10.9. The summed E-state index contributed by atoms with van der Waals surface area (Å²) >= 11 is 7.91. The van der Waals surface area contributed by atoms with Gasteiger partial charge in [0, 0.05) is 17.2 Å². The molecule has 1 fully saturated rings. The normalized spacial score (nSPS) is 18.9.